The minimum absolute atomic E-state index is 0.0996. The number of anilines is 1. The van der Waals surface area contributed by atoms with Crippen LogP contribution in [0.5, 0.6) is 11.5 Å². The van der Waals surface area contributed by atoms with E-state index >= 15 is 0 Å². The lowest BCUT2D eigenvalue weighted by atomic mass is 10.1. The van der Waals surface area contributed by atoms with Crippen molar-refractivity contribution in [1.29, 1.82) is 0 Å². The summed E-state index contributed by atoms with van der Waals surface area (Å²) in [5, 5.41) is 1.94. The Morgan fingerprint density at radius 2 is 1.79 bits per heavy atom. The van der Waals surface area contributed by atoms with Crippen LogP contribution in [0.3, 0.4) is 0 Å². The molecule has 7 nitrogen and oxygen atoms in total. The second kappa shape index (κ2) is 9.97. The van der Waals surface area contributed by atoms with E-state index in [9.17, 15) is 9.59 Å². The van der Waals surface area contributed by atoms with E-state index in [1.807, 2.05) is 61.5 Å². The van der Waals surface area contributed by atoms with Crippen LogP contribution in [0.25, 0.3) is 0 Å². The lowest BCUT2D eigenvalue weighted by Crippen LogP contribution is -2.58. The maximum absolute atomic E-state index is 13.2. The van der Waals surface area contributed by atoms with Gasteiger partial charge in [0.25, 0.3) is 11.8 Å². The van der Waals surface area contributed by atoms with Crippen molar-refractivity contribution in [2.24, 2.45) is 4.99 Å². The van der Waals surface area contributed by atoms with Gasteiger partial charge in [0.1, 0.15) is 17.5 Å². The van der Waals surface area contributed by atoms with Gasteiger partial charge in [-0.3, -0.25) is 15.0 Å². The molecule has 34 heavy (non-hydrogen) atoms. The Morgan fingerprint density at radius 3 is 2.56 bits per heavy atom. The number of amides is 2. The van der Waals surface area contributed by atoms with Crippen molar-refractivity contribution >= 4 is 34.9 Å². The van der Waals surface area contributed by atoms with Crippen LogP contribution in [0.4, 0.5) is 5.69 Å². The topological polar surface area (TPSA) is 74.2 Å². The fourth-order valence-corrected chi connectivity index (χ4v) is 3.70. The second-order valence-electron chi connectivity index (χ2n) is 8.06. The number of nitrogens with zero attached hydrogens (tertiary/aromatic N) is 3. The Labute approximate surface area is 203 Å². The number of halogens is 1. The number of nitrogens with one attached hydrogen (secondary N) is 1. The van der Waals surface area contributed by atoms with Crippen molar-refractivity contribution in [3.05, 3.63) is 88.9 Å². The Balaban J connectivity index is 1.52. The number of carbonyl (C=O) groups excluding carboxylic acids is 2. The summed E-state index contributed by atoms with van der Waals surface area (Å²) in [6.45, 7) is 3.89. The zero-order valence-corrected chi connectivity index (χ0v) is 19.9. The molecule has 4 rings (SSSR count). The van der Waals surface area contributed by atoms with Gasteiger partial charge in [0.15, 0.2) is 0 Å². The molecule has 1 unspecified atom stereocenters. The standard InChI is InChI=1S/C26H25ClN4O3/c1-17-13-14-20(27)15-23(17)34-22-12-8-7-9-19(22)16-30(3)26(33)24-28-18(2)25(32)31(29-24)21-10-5-4-6-11-21/h4-15,18H,16H2,1-3H3,(H,28,29). The van der Waals surface area contributed by atoms with Crippen LogP contribution in [-0.2, 0) is 16.1 Å². The zero-order valence-electron chi connectivity index (χ0n) is 19.2. The Hall–Kier alpha value is -3.84. The van der Waals surface area contributed by atoms with Crippen molar-refractivity contribution in [1.82, 2.24) is 10.3 Å². The minimum Gasteiger partial charge on any atom is -0.457 e. The number of aryl methyl sites for hydroxylation is 1. The number of benzene rings is 3. The van der Waals surface area contributed by atoms with Gasteiger partial charge in [-0.05, 0) is 49.7 Å². The fourth-order valence-electron chi connectivity index (χ4n) is 3.54. The molecule has 1 N–H and O–H groups in total. The first-order valence-corrected chi connectivity index (χ1v) is 11.2. The molecule has 0 aromatic heterocycles. The van der Waals surface area contributed by atoms with Crippen molar-refractivity contribution in [2.45, 2.75) is 26.4 Å². The monoisotopic (exact) mass is 476 g/mol. The maximum atomic E-state index is 13.2. The van der Waals surface area contributed by atoms with Crippen molar-refractivity contribution in [2.75, 3.05) is 12.1 Å². The van der Waals surface area contributed by atoms with E-state index in [1.165, 1.54) is 9.91 Å². The van der Waals surface area contributed by atoms with Gasteiger partial charge in [0, 0.05) is 24.2 Å². The van der Waals surface area contributed by atoms with E-state index < -0.39 is 6.04 Å². The van der Waals surface area contributed by atoms with Crippen LogP contribution in [-0.4, -0.2) is 35.6 Å². The summed E-state index contributed by atoms with van der Waals surface area (Å²) >= 11 is 6.13. The smallest absolute Gasteiger partial charge is 0.290 e. The average Bonchev–Trinajstić information content (AvgIpc) is 2.84. The summed E-state index contributed by atoms with van der Waals surface area (Å²) < 4.78 is 6.13. The van der Waals surface area contributed by atoms with Crippen molar-refractivity contribution in [3.8, 4) is 11.5 Å². The third kappa shape index (κ3) is 5.05. The van der Waals surface area contributed by atoms with Crippen LogP contribution in [0.2, 0.25) is 5.02 Å². The normalized spacial score (nSPS) is 15.4. The van der Waals surface area contributed by atoms with E-state index in [1.54, 1.807) is 32.2 Å². The highest BCUT2D eigenvalue weighted by Crippen LogP contribution is 2.30. The summed E-state index contributed by atoms with van der Waals surface area (Å²) in [6.07, 6.45) is 0. The molecule has 0 radical (unpaired) electrons. The molecule has 8 heteroatoms. The molecule has 1 atom stereocenters. The van der Waals surface area contributed by atoms with Gasteiger partial charge in [-0.2, -0.15) is 0 Å². The second-order valence-corrected chi connectivity index (χ2v) is 8.49. The third-order valence-electron chi connectivity index (χ3n) is 5.43. The first-order valence-electron chi connectivity index (χ1n) is 10.8. The molecule has 174 valence electrons. The SMILES string of the molecule is Cc1ccc(Cl)cc1Oc1ccccc1CN(C)C(=O)C1=NC(C)C(=O)N(c2ccccc2)N1. The molecule has 0 saturated carbocycles. The minimum atomic E-state index is -0.685. The number of aliphatic imine (C=N–C) groups is 1. The molecular weight excluding hydrogens is 452 g/mol. The molecule has 0 saturated heterocycles. The molecule has 3 aromatic carbocycles. The molecule has 2 amide bonds. The van der Waals surface area contributed by atoms with Gasteiger partial charge in [-0.25, -0.2) is 10.0 Å². The predicted molar refractivity (Wildman–Crippen MR) is 133 cm³/mol. The Morgan fingerprint density at radius 1 is 1.09 bits per heavy atom. The van der Waals surface area contributed by atoms with Crippen LogP contribution in [0, 0.1) is 6.92 Å². The van der Waals surface area contributed by atoms with Gasteiger partial charge >= 0.3 is 0 Å². The number of likely N-dealkylation sites (N-methyl/N-ethyl adjacent to an activating group) is 1. The average molecular weight is 477 g/mol. The highest BCUT2D eigenvalue weighted by molar-refractivity contribution is 6.39. The summed E-state index contributed by atoms with van der Waals surface area (Å²) in [5.41, 5.74) is 5.28. The van der Waals surface area contributed by atoms with Crippen molar-refractivity contribution < 1.29 is 14.3 Å². The number of hydrazine groups is 1. The first-order chi connectivity index (χ1) is 16.3. The van der Waals surface area contributed by atoms with Crippen LogP contribution < -0.4 is 15.2 Å². The lowest BCUT2D eigenvalue weighted by molar-refractivity contribution is -0.124. The number of ether oxygens (including phenoxy) is 1. The Kier molecular flexibility index (Phi) is 6.84. The summed E-state index contributed by atoms with van der Waals surface area (Å²) in [5.74, 6) is 0.802. The highest BCUT2D eigenvalue weighted by Gasteiger charge is 2.32. The number of hydrogen-bond donors (Lipinski definition) is 1. The molecule has 0 aliphatic carbocycles. The predicted octanol–water partition coefficient (Wildman–Crippen LogP) is 4.74. The molecule has 0 spiro atoms. The number of hydrogen-bond acceptors (Lipinski definition) is 5. The van der Waals surface area contributed by atoms with E-state index in [0.29, 0.717) is 22.2 Å². The van der Waals surface area contributed by atoms with Gasteiger partial charge < -0.3 is 9.64 Å². The fraction of sp³-hybridized carbons (Fsp3) is 0.192. The molecule has 1 heterocycles. The van der Waals surface area contributed by atoms with Gasteiger partial charge in [-0.15, -0.1) is 0 Å². The summed E-state index contributed by atoms with van der Waals surface area (Å²) in [4.78, 5) is 31.7. The lowest BCUT2D eigenvalue weighted by Gasteiger charge is -2.32. The molecule has 3 aromatic rings. The first kappa shape index (κ1) is 23.3. The number of carbonyl (C=O) groups is 2. The van der Waals surface area contributed by atoms with E-state index in [2.05, 4.69) is 10.4 Å². The van der Waals surface area contributed by atoms with Gasteiger partial charge in [0.2, 0.25) is 5.84 Å². The zero-order chi connectivity index (χ0) is 24.2. The highest BCUT2D eigenvalue weighted by atomic mass is 35.5. The molecule has 0 fully saturated rings. The van der Waals surface area contributed by atoms with E-state index in [-0.39, 0.29) is 24.2 Å². The van der Waals surface area contributed by atoms with Gasteiger partial charge in [-0.1, -0.05) is 54.1 Å². The summed E-state index contributed by atoms with van der Waals surface area (Å²) in [7, 11) is 1.68. The van der Waals surface area contributed by atoms with E-state index in [4.69, 9.17) is 16.3 Å². The molecule has 0 bridgehead atoms. The van der Waals surface area contributed by atoms with Gasteiger partial charge in [0.05, 0.1) is 5.69 Å². The van der Waals surface area contributed by atoms with E-state index in [0.717, 1.165) is 11.1 Å². The molecular formula is C26H25ClN4O3. The number of amidine groups is 1. The van der Waals surface area contributed by atoms with Crippen molar-refractivity contribution in [3.63, 3.8) is 0 Å². The number of para-hydroxylation sites is 2. The van der Waals surface area contributed by atoms with Crippen LogP contribution in [0.15, 0.2) is 77.8 Å². The quantitative estimate of drug-likeness (QED) is 0.557. The summed E-state index contributed by atoms with van der Waals surface area (Å²) in [6, 6.07) is 21.4. The van der Waals surface area contributed by atoms with Crippen LogP contribution in [0.1, 0.15) is 18.1 Å². The number of rotatable bonds is 6. The Bertz CT molecular complexity index is 1250. The molecule has 1 aliphatic rings. The third-order valence-corrected chi connectivity index (χ3v) is 5.67. The largest absolute Gasteiger partial charge is 0.457 e. The molecule has 1 aliphatic heterocycles. The maximum Gasteiger partial charge on any atom is 0.290 e. The van der Waals surface area contributed by atoms with Crippen LogP contribution >= 0.6 is 11.6 Å².